The van der Waals surface area contributed by atoms with Gasteiger partial charge in [-0.2, -0.15) is 0 Å². The van der Waals surface area contributed by atoms with Crippen molar-refractivity contribution in [1.82, 2.24) is 5.32 Å². The number of ether oxygens (including phenoxy) is 1. The molecule has 4 nitrogen and oxygen atoms in total. The lowest BCUT2D eigenvalue weighted by Gasteiger charge is -2.13. The Labute approximate surface area is 87.8 Å². The summed E-state index contributed by atoms with van der Waals surface area (Å²) in [5, 5.41) is 12.4. The van der Waals surface area contributed by atoms with Crippen molar-refractivity contribution >= 4 is 11.6 Å². The summed E-state index contributed by atoms with van der Waals surface area (Å²) in [4.78, 5) is 0. The molecule has 2 N–H and O–H groups in total. The Morgan fingerprint density at radius 3 is 2.93 bits per heavy atom. The average molecular weight is 220 g/mol. The summed E-state index contributed by atoms with van der Waals surface area (Å²) in [6.07, 6.45) is 0. The van der Waals surface area contributed by atoms with E-state index in [1.165, 1.54) is 0 Å². The lowest BCUT2D eigenvalue weighted by atomic mass is 10.3. The Kier molecular flexibility index (Phi) is 4.97. The number of hydrogen-bond donors (Lipinski definition) is 2. The second-order valence-electron chi connectivity index (χ2n) is 2.92. The highest BCUT2D eigenvalue weighted by Crippen LogP contribution is 2.12. The van der Waals surface area contributed by atoms with Crippen LogP contribution in [-0.4, -0.2) is 31.5 Å². The first kappa shape index (κ1) is 11.5. The van der Waals surface area contributed by atoms with Gasteiger partial charge in [-0.1, -0.05) is 0 Å². The Morgan fingerprint density at radius 1 is 1.64 bits per heavy atom. The van der Waals surface area contributed by atoms with Gasteiger partial charge in [-0.05, 0) is 23.7 Å². The Bertz CT molecular complexity index is 264. The van der Waals surface area contributed by atoms with Gasteiger partial charge in [-0.25, -0.2) is 0 Å². The molecule has 0 fully saturated rings. The van der Waals surface area contributed by atoms with E-state index in [1.54, 1.807) is 19.2 Å². The summed E-state index contributed by atoms with van der Waals surface area (Å²) >= 11 is 5.60. The highest BCUT2D eigenvalue weighted by Gasteiger charge is 2.07. The molecule has 1 unspecified atom stereocenters. The standard InChI is InChI=1S/C9H14ClNO3/c1-13-6-7(5-12)11-4-8-2-3-9(10)14-8/h2-3,7,11-12H,4-6H2,1H3. The monoisotopic (exact) mass is 219 g/mol. The van der Waals surface area contributed by atoms with Gasteiger partial charge in [0.2, 0.25) is 0 Å². The minimum absolute atomic E-state index is 0.0300. The first-order valence-electron chi connectivity index (χ1n) is 4.33. The van der Waals surface area contributed by atoms with E-state index in [-0.39, 0.29) is 12.6 Å². The molecule has 0 saturated carbocycles. The van der Waals surface area contributed by atoms with E-state index in [0.29, 0.717) is 18.4 Å². The number of furan rings is 1. The lowest BCUT2D eigenvalue weighted by molar-refractivity contribution is 0.127. The van der Waals surface area contributed by atoms with Gasteiger partial charge < -0.3 is 19.6 Å². The lowest BCUT2D eigenvalue weighted by Crippen LogP contribution is -2.35. The maximum absolute atomic E-state index is 8.94. The largest absolute Gasteiger partial charge is 0.448 e. The molecule has 1 atom stereocenters. The first-order valence-corrected chi connectivity index (χ1v) is 4.71. The van der Waals surface area contributed by atoms with Crippen LogP contribution < -0.4 is 5.32 Å². The van der Waals surface area contributed by atoms with Crippen LogP contribution in [0.3, 0.4) is 0 Å². The zero-order valence-corrected chi connectivity index (χ0v) is 8.75. The molecule has 0 aromatic carbocycles. The maximum atomic E-state index is 8.94. The van der Waals surface area contributed by atoms with E-state index < -0.39 is 0 Å². The van der Waals surface area contributed by atoms with E-state index in [0.717, 1.165) is 5.76 Å². The summed E-state index contributed by atoms with van der Waals surface area (Å²) in [7, 11) is 1.59. The third-order valence-electron chi connectivity index (χ3n) is 1.78. The molecule has 80 valence electrons. The quantitative estimate of drug-likeness (QED) is 0.751. The van der Waals surface area contributed by atoms with Crippen molar-refractivity contribution in [1.29, 1.82) is 0 Å². The Balaban J connectivity index is 2.31. The smallest absolute Gasteiger partial charge is 0.193 e. The van der Waals surface area contributed by atoms with Crippen molar-refractivity contribution in [2.24, 2.45) is 0 Å². The second kappa shape index (κ2) is 6.03. The van der Waals surface area contributed by atoms with Crippen LogP contribution in [0, 0.1) is 0 Å². The highest BCUT2D eigenvalue weighted by molar-refractivity contribution is 6.28. The van der Waals surface area contributed by atoms with Crippen LogP contribution in [0.1, 0.15) is 5.76 Å². The summed E-state index contributed by atoms with van der Waals surface area (Å²) in [5.41, 5.74) is 0. The molecule has 0 spiro atoms. The molecule has 0 aliphatic heterocycles. The molecule has 0 saturated heterocycles. The van der Waals surface area contributed by atoms with E-state index in [1.807, 2.05) is 0 Å². The van der Waals surface area contributed by atoms with Gasteiger partial charge >= 0.3 is 0 Å². The molecule has 1 rings (SSSR count). The molecular weight excluding hydrogens is 206 g/mol. The summed E-state index contributed by atoms with van der Waals surface area (Å²) in [6, 6.07) is 3.39. The second-order valence-corrected chi connectivity index (χ2v) is 3.29. The fraction of sp³-hybridized carbons (Fsp3) is 0.556. The minimum Gasteiger partial charge on any atom is -0.448 e. The van der Waals surface area contributed by atoms with Gasteiger partial charge in [-0.15, -0.1) is 0 Å². The molecule has 0 bridgehead atoms. The van der Waals surface area contributed by atoms with E-state index >= 15 is 0 Å². The molecule has 0 aliphatic rings. The fourth-order valence-electron chi connectivity index (χ4n) is 1.07. The third-order valence-corrected chi connectivity index (χ3v) is 1.99. The fourth-order valence-corrected chi connectivity index (χ4v) is 1.23. The zero-order chi connectivity index (χ0) is 10.4. The maximum Gasteiger partial charge on any atom is 0.193 e. The van der Waals surface area contributed by atoms with Crippen molar-refractivity contribution in [3.05, 3.63) is 23.1 Å². The topological polar surface area (TPSA) is 54.6 Å². The highest BCUT2D eigenvalue weighted by atomic mass is 35.5. The minimum atomic E-state index is -0.0797. The third kappa shape index (κ3) is 3.67. The molecule has 1 aromatic rings. The van der Waals surface area contributed by atoms with Gasteiger partial charge in [0.05, 0.1) is 25.8 Å². The van der Waals surface area contributed by atoms with Crippen molar-refractivity contribution in [3.8, 4) is 0 Å². The molecule has 0 radical (unpaired) electrons. The number of aliphatic hydroxyl groups excluding tert-OH is 1. The van der Waals surface area contributed by atoms with Crippen LogP contribution in [0.2, 0.25) is 5.22 Å². The summed E-state index contributed by atoms with van der Waals surface area (Å²) < 4.78 is 10.0. The Morgan fingerprint density at radius 2 is 2.43 bits per heavy atom. The Hall–Kier alpha value is -0.550. The van der Waals surface area contributed by atoms with Gasteiger partial charge in [-0.3, -0.25) is 0 Å². The van der Waals surface area contributed by atoms with Crippen LogP contribution in [0.5, 0.6) is 0 Å². The summed E-state index contributed by atoms with van der Waals surface area (Å²) in [5.74, 6) is 0.740. The summed E-state index contributed by atoms with van der Waals surface area (Å²) in [6.45, 7) is 1.02. The number of aliphatic hydroxyl groups is 1. The van der Waals surface area contributed by atoms with Gasteiger partial charge in [0.15, 0.2) is 5.22 Å². The molecule has 14 heavy (non-hydrogen) atoms. The van der Waals surface area contributed by atoms with Crippen molar-refractivity contribution in [3.63, 3.8) is 0 Å². The average Bonchev–Trinajstić information content (AvgIpc) is 2.59. The van der Waals surface area contributed by atoms with Gasteiger partial charge in [0.25, 0.3) is 0 Å². The van der Waals surface area contributed by atoms with Crippen LogP contribution in [0.25, 0.3) is 0 Å². The van der Waals surface area contributed by atoms with E-state index in [4.69, 9.17) is 25.9 Å². The van der Waals surface area contributed by atoms with Crippen LogP contribution in [0.15, 0.2) is 16.5 Å². The first-order chi connectivity index (χ1) is 6.76. The van der Waals surface area contributed by atoms with E-state index in [2.05, 4.69) is 5.32 Å². The molecular formula is C9H14ClNO3. The van der Waals surface area contributed by atoms with Crippen molar-refractivity contribution in [2.45, 2.75) is 12.6 Å². The van der Waals surface area contributed by atoms with Gasteiger partial charge in [0.1, 0.15) is 5.76 Å². The van der Waals surface area contributed by atoms with Crippen LogP contribution in [0.4, 0.5) is 0 Å². The normalized spacial score (nSPS) is 13.1. The number of nitrogens with one attached hydrogen (secondary N) is 1. The number of hydrogen-bond acceptors (Lipinski definition) is 4. The number of halogens is 1. The van der Waals surface area contributed by atoms with E-state index in [9.17, 15) is 0 Å². The number of methoxy groups -OCH3 is 1. The molecule has 0 aliphatic carbocycles. The molecule has 1 heterocycles. The molecule has 1 aromatic heterocycles. The molecule has 0 amide bonds. The zero-order valence-electron chi connectivity index (χ0n) is 8.00. The van der Waals surface area contributed by atoms with Crippen LogP contribution >= 0.6 is 11.6 Å². The SMILES string of the molecule is COCC(CO)NCc1ccc(Cl)o1. The van der Waals surface area contributed by atoms with Crippen molar-refractivity contribution in [2.75, 3.05) is 20.3 Å². The number of rotatable bonds is 6. The van der Waals surface area contributed by atoms with Crippen molar-refractivity contribution < 1.29 is 14.3 Å². The van der Waals surface area contributed by atoms with Crippen LogP contribution in [-0.2, 0) is 11.3 Å². The van der Waals surface area contributed by atoms with Gasteiger partial charge in [0, 0.05) is 7.11 Å². The predicted octanol–water partition coefficient (Wildman–Crippen LogP) is 1.03. The predicted molar refractivity (Wildman–Crippen MR) is 53.3 cm³/mol. The molecule has 5 heteroatoms.